The number of aliphatic hydroxyl groups is 4. The molecule has 91 heavy (non-hydrogen) atoms. The minimum atomic E-state index is -1.57. The molecule has 3 saturated carbocycles. The maximum atomic E-state index is 13.8. The second-order valence-electron chi connectivity index (χ2n) is 26.9. The van der Waals surface area contributed by atoms with Crippen LogP contribution in [0.4, 0.5) is 45.5 Å². The summed E-state index contributed by atoms with van der Waals surface area (Å²) in [6.07, 6.45) is -6.21. The van der Waals surface area contributed by atoms with E-state index in [1.807, 2.05) is 0 Å². The molecule has 3 aromatic rings. The number of aliphatic hydroxyl groups excluding tert-OH is 4. The molecule has 9 rings (SSSR count). The Balaban J connectivity index is 0.000000260. The normalized spacial score (nSPS) is 25.5. The van der Waals surface area contributed by atoms with Crippen LogP contribution in [0.3, 0.4) is 0 Å². The van der Waals surface area contributed by atoms with Crippen LogP contribution in [0.15, 0.2) is 54.6 Å². The molecule has 506 valence electrons. The molecular weight excluding hydrogens is 1230 g/mol. The highest BCUT2D eigenvalue weighted by Crippen LogP contribution is 2.64. The van der Waals surface area contributed by atoms with Crippen LogP contribution in [0, 0.1) is 64.0 Å². The van der Waals surface area contributed by atoms with Gasteiger partial charge in [0.05, 0.1) is 24.8 Å². The Hall–Kier alpha value is -6.96. The molecule has 0 aromatic heterocycles. The van der Waals surface area contributed by atoms with Gasteiger partial charge in [0.1, 0.15) is 57.3 Å². The van der Waals surface area contributed by atoms with Gasteiger partial charge in [-0.1, -0.05) is 0 Å². The molecule has 6 N–H and O–H groups in total. The SMILES string of the molecule is CC(C)(C)OC(=O)N1C[C@@]2(c3cc(F)cc(F)c3)C[C@H]2C1C(O)C#N.CC(C)(C)OC(=O)OC(=O)OC(C)(C)C.CCO.CCOC(=O)C(O)C1[C@@H]2C[C@]2(c2cc(F)cc(F)c2)CN1C(=O)OC(C)(C)C.Cl.O=C(O)C(O)C1NC[C@@]2(c3cc(F)cc(F)c3)C[C@@H]12. The number of halogens is 7. The van der Waals surface area contributed by atoms with Crippen LogP contribution >= 0.6 is 12.4 Å². The van der Waals surface area contributed by atoms with Crippen LogP contribution in [0.25, 0.3) is 0 Å². The molecule has 3 heterocycles. The molecule has 3 aliphatic carbocycles. The lowest BCUT2D eigenvalue weighted by Crippen LogP contribution is -2.50. The van der Waals surface area contributed by atoms with E-state index in [4.69, 9.17) is 39.2 Å². The summed E-state index contributed by atoms with van der Waals surface area (Å²) >= 11 is 0. The number of nitrogens with zero attached hydrogens (tertiary/aromatic N) is 3. The van der Waals surface area contributed by atoms with Crippen molar-refractivity contribution in [2.24, 2.45) is 17.8 Å². The van der Waals surface area contributed by atoms with Crippen LogP contribution in [0.5, 0.6) is 0 Å². The number of benzene rings is 3. The van der Waals surface area contributed by atoms with Crippen molar-refractivity contribution in [2.75, 3.05) is 32.8 Å². The third-order valence-corrected chi connectivity index (χ3v) is 15.4. The molecule has 6 unspecified atom stereocenters. The lowest BCUT2D eigenvalue weighted by molar-refractivity contribution is -0.156. The Morgan fingerprint density at radius 1 is 0.571 bits per heavy atom. The van der Waals surface area contributed by atoms with Crippen molar-refractivity contribution in [3.8, 4) is 6.07 Å². The fraction of sp³-hybridized carbons (Fsp3) is 0.603. The monoisotopic (exact) mass is 1320 g/mol. The van der Waals surface area contributed by atoms with Gasteiger partial charge in [-0.3, -0.25) is 0 Å². The van der Waals surface area contributed by atoms with E-state index in [-0.39, 0.29) is 56.5 Å². The molecule has 28 heteroatoms. The zero-order chi connectivity index (χ0) is 68.2. The maximum Gasteiger partial charge on any atom is 0.519 e. The van der Waals surface area contributed by atoms with Gasteiger partial charge in [-0.2, -0.15) is 5.26 Å². The van der Waals surface area contributed by atoms with E-state index in [9.17, 15) is 70.4 Å². The fourth-order valence-corrected chi connectivity index (χ4v) is 11.8. The molecule has 0 bridgehead atoms. The van der Waals surface area contributed by atoms with Gasteiger partial charge in [0.2, 0.25) is 0 Å². The number of carbonyl (C=O) groups excluding carboxylic acids is 5. The first-order valence-corrected chi connectivity index (χ1v) is 29.1. The molecule has 12 atom stereocenters. The molecule has 3 aliphatic heterocycles. The summed E-state index contributed by atoms with van der Waals surface area (Å²) in [5.74, 6) is -6.89. The number of carbonyl (C=O) groups is 6. The Labute approximate surface area is 530 Å². The van der Waals surface area contributed by atoms with Crippen LogP contribution in [-0.4, -0.2) is 163 Å². The zero-order valence-electron chi connectivity index (χ0n) is 53.2. The van der Waals surface area contributed by atoms with Crippen molar-refractivity contribution >= 4 is 48.8 Å². The maximum absolute atomic E-state index is 13.8. The number of carboxylic acid groups (broad SMARTS) is 1. The second kappa shape index (κ2) is 29.3. The van der Waals surface area contributed by atoms with Gasteiger partial charge in [0.15, 0.2) is 18.3 Å². The third-order valence-electron chi connectivity index (χ3n) is 15.4. The molecule has 0 radical (unpaired) electrons. The molecule has 6 aliphatic rings. The van der Waals surface area contributed by atoms with Crippen molar-refractivity contribution in [1.82, 2.24) is 15.1 Å². The van der Waals surface area contributed by atoms with Gasteiger partial charge in [0, 0.05) is 66.7 Å². The van der Waals surface area contributed by atoms with Crippen molar-refractivity contribution in [2.45, 2.75) is 191 Å². The first-order chi connectivity index (χ1) is 41.4. The smallest absolute Gasteiger partial charge is 0.479 e. The predicted molar refractivity (Wildman–Crippen MR) is 315 cm³/mol. The highest BCUT2D eigenvalue weighted by Gasteiger charge is 2.71. The van der Waals surface area contributed by atoms with E-state index in [1.165, 1.54) is 46.2 Å². The highest BCUT2D eigenvalue weighted by molar-refractivity contribution is 5.85. The van der Waals surface area contributed by atoms with E-state index < -0.39 is 146 Å². The summed E-state index contributed by atoms with van der Waals surface area (Å²) < 4.78 is 111. The number of nitrogens with one attached hydrogen (secondary N) is 1. The van der Waals surface area contributed by atoms with E-state index in [0.29, 0.717) is 42.5 Å². The lowest BCUT2D eigenvalue weighted by Gasteiger charge is -2.32. The number of hydrogen-bond acceptors (Lipinski definition) is 18. The number of likely N-dealkylation sites (tertiary alicyclic amines) is 2. The van der Waals surface area contributed by atoms with Gasteiger partial charge < -0.3 is 69.1 Å². The molecule has 0 spiro atoms. The number of amides is 2. The molecular formula is C63H83ClF6N4O17. The standard InChI is InChI=1S/C20H25F2NO5.C18H20F2N2O3.C13H13F2NO3.C10H18O5.C2H6O.ClH/c1-5-27-17(25)16(24)15-14-9-20(14,11-6-12(21)8-13(22)7-11)10-23(15)18(26)28-19(2,3)4;1-17(2,3)25-16(24)22-9-18(7-13(18)15(22)14(23)8-21)10-4-11(19)6-12(20)5-10;14-7-1-6(2-8(15)3-7)13-4-9(13)10(16-5-13)11(17)12(18)19;1-9(2,3)14-7(11)13-8(12)15-10(4,5)6;1-2-3;/h6-8,14-16,24H,5,9-10H2,1-4H3;4-6,13-15,23H,7,9H2,1-3H3;1-3,9-11,16-17H,4-5H2,(H,18,19);1-6H3;3H,2H2,1H3;1H/t14-,15?,16?,20+;13-,14?,15?,18+;9-,10?,11?,13+;;;/m000.../s1. The number of rotatable bonds is 9. The fourth-order valence-electron chi connectivity index (χ4n) is 11.8. The second-order valence-corrected chi connectivity index (χ2v) is 26.9. The van der Waals surface area contributed by atoms with Crippen molar-refractivity contribution in [3.05, 3.63) is 106 Å². The lowest BCUT2D eigenvalue weighted by atomic mass is 9.93. The van der Waals surface area contributed by atoms with Crippen LogP contribution in [-0.2, 0) is 54.3 Å². The minimum Gasteiger partial charge on any atom is -0.479 e. The topological polar surface area (TPSA) is 301 Å². The van der Waals surface area contributed by atoms with Crippen molar-refractivity contribution in [3.63, 3.8) is 0 Å². The third kappa shape index (κ3) is 19.5. The summed E-state index contributed by atoms with van der Waals surface area (Å²) in [6, 6.07) is 9.44. The quantitative estimate of drug-likeness (QED) is 0.0382. The molecule has 2 amide bonds. The molecule has 3 saturated heterocycles. The largest absolute Gasteiger partial charge is 0.519 e. The number of hydrogen-bond donors (Lipinski definition) is 6. The summed E-state index contributed by atoms with van der Waals surface area (Å²) in [5.41, 5.74) is -3.34. The van der Waals surface area contributed by atoms with Gasteiger partial charge in [-0.25, -0.2) is 55.1 Å². The summed E-state index contributed by atoms with van der Waals surface area (Å²) in [6.45, 7) is 24.6. The summed E-state index contributed by atoms with van der Waals surface area (Å²) in [4.78, 5) is 72.8. The minimum absolute atomic E-state index is 0. The highest BCUT2D eigenvalue weighted by atomic mass is 35.5. The van der Waals surface area contributed by atoms with E-state index in [2.05, 4.69) is 10.1 Å². The number of nitriles is 1. The first kappa shape index (κ1) is 76.5. The summed E-state index contributed by atoms with van der Waals surface area (Å²) in [7, 11) is 0. The Morgan fingerprint density at radius 3 is 1.22 bits per heavy atom. The molecule has 6 fully saturated rings. The van der Waals surface area contributed by atoms with Crippen LogP contribution < -0.4 is 5.32 Å². The first-order valence-electron chi connectivity index (χ1n) is 29.1. The number of carboxylic acids is 1. The molecule has 3 aromatic carbocycles. The van der Waals surface area contributed by atoms with Gasteiger partial charge in [-0.15, -0.1) is 12.4 Å². The number of fused-ring (bicyclic) bond motifs is 3. The average molecular weight is 1320 g/mol. The number of ether oxygens (including phenoxy) is 6. The van der Waals surface area contributed by atoms with Crippen LogP contribution in [0.2, 0.25) is 0 Å². The summed E-state index contributed by atoms with van der Waals surface area (Å²) in [5, 5.41) is 58.7. The van der Waals surface area contributed by atoms with Gasteiger partial charge >= 0.3 is 36.4 Å². The van der Waals surface area contributed by atoms with Gasteiger partial charge in [-0.05, 0) is 187 Å². The zero-order valence-corrected chi connectivity index (χ0v) is 54.0. The van der Waals surface area contributed by atoms with Crippen molar-refractivity contribution < 1.29 is 109 Å². The molecule has 21 nitrogen and oxygen atoms in total. The van der Waals surface area contributed by atoms with E-state index in [1.54, 1.807) is 103 Å². The van der Waals surface area contributed by atoms with E-state index >= 15 is 0 Å². The average Bonchev–Trinajstić information content (AvgIpc) is 1.55. The Morgan fingerprint density at radius 2 is 0.901 bits per heavy atom. The Kier molecular flexibility index (Phi) is 24.7. The van der Waals surface area contributed by atoms with Crippen molar-refractivity contribution in [1.29, 1.82) is 5.26 Å². The number of piperidine rings is 3. The number of esters is 1. The van der Waals surface area contributed by atoms with Gasteiger partial charge in [0.25, 0.3) is 0 Å². The predicted octanol–water partition coefficient (Wildman–Crippen LogP) is 9.43. The number of aliphatic carboxylic acids is 1. The van der Waals surface area contributed by atoms with E-state index in [0.717, 1.165) is 18.2 Å². The van der Waals surface area contributed by atoms with Crippen LogP contribution in [0.1, 0.15) is 133 Å². The Bertz CT molecular complexity index is 3080.